The number of nitrogens with zero attached hydrogens (tertiary/aromatic N) is 4. The number of rotatable bonds is 14. The van der Waals surface area contributed by atoms with E-state index in [1.165, 1.54) is 79.3 Å². The zero-order chi connectivity index (χ0) is 47.6. The molecule has 0 fully saturated rings. The first-order valence-corrected chi connectivity index (χ1v) is 22.7. The van der Waals surface area contributed by atoms with Crippen LogP contribution in [0.5, 0.6) is 34.5 Å². The number of ether oxygens (including phenoxy) is 6. The molecule has 0 spiro atoms. The van der Waals surface area contributed by atoms with Crippen molar-refractivity contribution in [2.75, 3.05) is 52.1 Å². The minimum absolute atomic E-state index is 0.00249. The fourth-order valence-corrected chi connectivity index (χ4v) is 9.34. The molecule has 0 aliphatic carbocycles. The van der Waals surface area contributed by atoms with E-state index in [-0.39, 0.29) is 44.4 Å². The van der Waals surface area contributed by atoms with Crippen LogP contribution in [0.4, 0.5) is 11.6 Å². The van der Waals surface area contributed by atoms with E-state index in [0.717, 1.165) is 11.1 Å². The van der Waals surface area contributed by atoms with E-state index in [1.54, 1.807) is 60.9 Å². The third kappa shape index (κ3) is 10.7. The van der Waals surface area contributed by atoms with Gasteiger partial charge in [0, 0.05) is 29.3 Å². The Morgan fingerprint density at radius 2 is 0.924 bits per heavy atom. The molecule has 0 saturated heterocycles. The lowest BCUT2D eigenvalue weighted by atomic mass is 9.81. The van der Waals surface area contributed by atoms with Crippen molar-refractivity contribution in [3.8, 4) is 45.6 Å². The smallest absolute Gasteiger partial charge is 0.488 e. The molecule has 344 valence electrons. The molecule has 0 unspecified atom stereocenters. The number of benzene rings is 4. The van der Waals surface area contributed by atoms with E-state index in [2.05, 4.69) is 45.7 Å². The topological polar surface area (TPSA) is 266 Å². The van der Waals surface area contributed by atoms with Gasteiger partial charge in [-0.15, -0.1) is 0 Å². The van der Waals surface area contributed by atoms with E-state index in [9.17, 15) is 16.8 Å². The summed E-state index contributed by atoms with van der Waals surface area (Å²) in [7, 11) is -1.14. The normalized spacial score (nSPS) is 11.0. The monoisotopic (exact) mass is 1010 g/mol. The van der Waals surface area contributed by atoms with Crippen LogP contribution in [0.1, 0.15) is 0 Å². The molecule has 66 heavy (non-hydrogen) atoms. The molecule has 4 aromatic heterocycles. The Morgan fingerprint density at radius 1 is 0.530 bits per heavy atom. The van der Waals surface area contributed by atoms with Gasteiger partial charge in [-0.05, 0) is 89.4 Å². The number of fused-ring (bicyclic) bond motifs is 2. The molecule has 0 aliphatic heterocycles. The number of nitrogens with one attached hydrogen (secondary N) is 2. The molecule has 8 rings (SSSR count). The molecule has 0 amide bonds. The van der Waals surface area contributed by atoms with Gasteiger partial charge in [-0.3, -0.25) is 19.4 Å². The zero-order valence-corrected chi connectivity index (χ0v) is 39.0. The Kier molecular flexibility index (Phi) is 15.6. The van der Waals surface area contributed by atoms with Crippen LogP contribution in [-0.2, 0) is 20.0 Å². The largest absolute Gasteiger partial charge is 0.496 e. The Hall–Kier alpha value is -7.12. The summed E-state index contributed by atoms with van der Waals surface area (Å²) in [4.78, 5) is 7.43. The SMILES string of the molecule is COc1cccc(OC)c1S(=O)(=O)Nc1noc2cc(-c3ccncc3)cc(OC)c12.COc1cccc(OC)c1S(=O)(=O)Nc1noc2cc(Br)cc(OC)c12.OB(O)c1ccncc1. The Bertz CT molecular complexity index is 3120. The van der Waals surface area contributed by atoms with Crippen molar-refractivity contribution < 1.29 is 64.4 Å². The first-order valence-electron chi connectivity index (χ1n) is 18.9. The highest BCUT2D eigenvalue weighted by Gasteiger charge is 2.29. The molecule has 4 N–H and O–H groups in total. The minimum atomic E-state index is -4.13. The Morgan fingerprint density at radius 3 is 1.32 bits per heavy atom. The van der Waals surface area contributed by atoms with Gasteiger partial charge in [0.1, 0.15) is 45.3 Å². The van der Waals surface area contributed by atoms with Crippen LogP contribution in [0, 0.1) is 0 Å². The molecule has 0 aliphatic rings. The van der Waals surface area contributed by atoms with Crippen molar-refractivity contribution in [1.82, 2.24) is 20.3 Å². The minimum Gasteiger partial charge on any atom is -0.496 e. The van der Waals surface area contributed by atoms with Gasteiger partial charge in [-0.1, -0.05) is 38.4 Å². The summed E-state index contributed by atoms with van der Waals surface area (Å²) < 4.78 is 100. The number of halogens is 1. The van der Waals surface area contributed by atoms with Crippen LogP contribution in [0.15, 0.2) is 133 Å². The molecule has 4 heterocycles. The van der Waals surface area contributed by atoms with Gasteiger partial charge >= 0.3 is 7.12 Å². The second-order valence-corrected chi connectivity index (χ2v) is 17.3. The van der Waals surface area contributed by atoms with Gasteiger partial charge in [0.2, 0.25) is 0 Å². The van der Waals surface area contributed by atoms with Gasteiger partial charge in [0.05, 0.1) is 42.7 Å². The summed E-state index contributed by atoms with van der Waals surface area (Å²) in [5, 5.41) is 25.6. The molecule has 24 heteroatoms. The maximum atomic E-state index is 13.2. The maximum Gasteiger partial charge on any atom is 0.488 e. The van der Waals surface area contributed by atoms with Gasteiger partial charge in [-0.2, -0.15) is 0 Å². The second-order valence-electron chi connectivity index (χ2n) is 13.2. The first kappa shape index (κ1) is 48.3. The summed E-state index contributed by atoms with van der Waals surface area (Å²) in [5.41, 5.74) is 2.89. The van der Waals surface area contributed by atoms with Gasteiger partial charge in [0.25, 0.3) is 20.0 Å². The fraction of sp³-hybridized carbons (Fsp3) is 0.143. The van der Waals surface area contributed by atoms with Crippen molar-refractivity contribution in [1.29, 1.82) is 0 Å². The van der Waals surface area contributed by atoms with Crippen molar-refractivity contribution in [3.63, 3.8) is 0 Å². The van der Waals surface area contributed by atoms with Crippen LogP contribution in [0.3, 0.4) is 0 Å². The summed E-state index contributed by atoms with van der Waals surface area (Å²) in [6.07, 6.45) is 6.36. The average Bonchev–Trinajstić information content (AvgIpc) is 3.93. The molecule has 4 aromatic carbocycles. The van der Waals surface area contributed by atoms with E-state index < -0.39 is 27.2 Å². The van der Waals surface area contributed by atoms with Crippen molar-refractivity contribution >= 4 is 82.1 Å². The third-order valence-electron chi connectivity index (χ3n) is 9.26. The highest BCUT2D eigenvalue weighted by atomic mass is 79.9. The number of aromatic nitrogens is 4. The summed E-state index contributed by atoms with van der Waals surface area (Å²) in [6, 6.07) is 23.0. The maximum absolute atomic E-state index is 13.2. The lowest BCUT2D eigenvalue weighted by molar-refractivity contribution is 0.373. The molecule has 0 radical (unpaired) electrons. The predicted molar refractivity (Wildman–Crippen MR) is 247 cm³/mol. The number of pyridine rings is 2. The lowest BCUT2D eigenvalue weighted by Crippen LogP contribution is -2.29. The number of hydrogen-bond donors (Lipinski definition) is 4. The molecule has 0 atom stereocenters. The lowest BCUT2D eigenvalue weighted by Gasteiger charge is -2.14. The van der Waals surface area contributed by atoms with Crippen molar-refractivity contribution in [2.24, 2.45) is 0 Å². The van der Waals surface area contributed by atoms with Crippen LogP contribution in [-0.4, -0.2) is 96.9 Å². The van der Waals surface area contributed by atoms with Gasteiger partial charge in [-0.25, -0.2) is 16.8 Å². The molecule has 0 saturated carbocycles. The highest BCUT2D eigenvalue weighted by molar-refractivity contribution is 9.10. The average molecular weight is 1010 g/mol. The number of methoxy groups -OCH3 is 6. The van der Waals surface area contributed by atoms with Crippen LogP contribution in [0.25, 0.3) is 33.1 Å². The summed E-state index contributed by atoms with van der Waals surface area (Å²) in [5.74, 6) is 1.32. The molecule has 8 aromatic rings. The molecule has 0 bridgehead atoms. The standard InChI is InChI=1S/C21H19N3O6S.C16H15BrN2O6S.C5H6BNO2/c1-27-15-5-4-6-16(28-2)20(15)31(25,26)24-21-19-17(29-3)11-14(12-18(19)30-23-21)13-7-9-22-10-8-13;1-22-10-5-4-6-11(23-2)15(10)26(20,21)19-16-14-12(24-3)7-9(17)8-13(14)25-18-16;8-6(9)5-1-3-7-4-2-5/h4-12H,1-3H3,(H,23,24);4-8H,1-3H3,(H,18,19);1-4,8-9H. The number of anilines is 2. The second kappa shape index (κ2) is 21.3. The van der Waals surface area contributed by atoms with Crippen molar-refractivity contribution in [2.45, 2.75) is 9.79 Å². The third-order valence-corrected chi connectivity index (χ3v) is 12.5. The van der Waals surface area contributed by atoms with Gasteiger partial charge < -0.3 is 47.5 Å². The van der Waals surface area contributed by atoms with Gasteiger partial charge in [0.15, 0.2) is 32.6 Å². The Balaban J connectivity index is 0.000000186. The van der Waals surface area contributed by atoms with Crippen LogP contribution < -0.4 is 43.3 Å². The summed E-state index contributed by atoms with van der Waals surface area (Å²) in [6.45, 7) is 0. The number of hydrogen-bond acceptors (Lipinski definition) is 18. The zero-order valence-electron chi connectivity index (χ0n) is 35.7. The summed E-state index contributed by atoms with van der Waals surface area (Å²) >= 11 is 3.33. The quantitative estimate of drug-likeness (QED) is 0.0925. The van der Waals surface area contributed by atoms with E-state index in [1.807, 2.05) is 12.1 Å². The van der Waals surface area contributed by atoms with Crippen molar-refractivity contribution in [3.05, 3.63) is 114 Å². The van der Waals surface area contributed by atoms with E-state index >= 15 is 0 Å². The highest BCUT2D eigenvalue weighted by Crippen LogP contribution is 2.41. The van der Waals surface area contributed by atoms with Crippen LogP contribution >= 0.6 is 15.9 Å². The number of sulfonamides is 2. The molecular weight excluding hydrogens is 967 g/mol. The molecular formula is C42H40BBrN6O14S2. The fourth-order valence-electron chi connectivity index (χ4n) is 6.27. The van der Waals surface area contributed by atoms with E-state index in [0.29, 0.717) is 43.4 Å². The molecule has 20 nitrogen and oxygen atoms in total. The first-order chi connectivity index (χ1) is 31.7. The van der Waals surface area contributed by atoms with Crippen LogP contribution in [0.2, 0.25) is 0 Å². The van der Waals surface area contributed by atoms with E-state index in [4.69, 9.17) is 47.5 Å². The Labute approximate surface area is 386 Å². The predicted octanol–water partition coefficient (Wildman–Crippen LogP) is 5.89.